The fourth-order valence-electron chi connectivity index (χ4n) is 1.85. The van der Waals surface area contributed by atoms with Crippen LogP contribution in [0.15, 0.2) is 11.1 Å². The highest BCUT2D eigenvalue weighted by Crippen LogP contribution is 2.36. The third-order valence-corrected chi connectivity index (χ3v) is 3.49. The van der Waals surface area contributed by atoms with Crippen LogP contribution in [0.4, 0.5) is 18.9 Å². The number of carbonyl (C=O) groups is 2. The first-order chi connectivity index (χ1) is 8.88. The van der Waals surface area contributed by atoms with E-state index in [2.05, 4.69) is 4.99 Å². The molecule has 0 radical (unpaired) electrons. The summed E-state index contributed by atoms with van der Waals surface area (Å²) in [5.41, 5.74) is -0.958. The number of carbonyl (C=O) groups excluding carboxylic acids is 2. The number of aliphatic imine (C=N–C) groups is 1. The summed E-state index contributed by atoms with van der Waals surface area (Å²) in [6.45, 7) is 1.19. The van der Waals surface area contributed by atoms with Crippen LogP contribution < -0.4 is 0 Å². The summed E-state index contributed by atoms with van der Waals surface area (Å²) in [6, 6.07) is 0.576. The lowest BCUT2D eigenvalue weighted by Crippen LogP contribution is -2.31. The summed E-state index contributed by atoms with van der Waals surface area (Å²) < 4.78 is 39.9. The van der Waals surface area contributed by atoms with Gasteiger partial charge in [0.2, 0.25) is 0 Å². The highest BCUT2D eigenvalue weighted by Gasteiger charge is 2.37. The first-order valence-corrected chi connectivity index (χ1v) is 6.45. The van der Waals surface area contributed by atoms with Crippen LogP contribution in [-0.4, -0.2) is 22.9 Å². The second-order valence-corrected chi connectivity index (χ2v) is 4.77. The van der Waals surface area contributed by atoms with Gasteiger partial charge in [0, 0.05) is 0 Å². The first-order valence-electron chi connectivity index (χ1n) is 5.23. The molecule has 0 spiro atoms. The SMILES string of the molecule is CSC1=Nc2c(cc(F)c(F)c2F)C(=O)C1C(C)=O. The van der Waals surface area contributed by atoms with E-state index in [0.29, 0.717) is 6.07 Å². The van der Waals surface area contributed by atoms with Crippen LogP contribution in [0.1, 0.15) is 17.3 Å². The van der Waals surface area contributed by atoms with E-state index in [0.717, 1.165) is 11.8 Å². The predicted octanol–water partition coefficient (Wildman–Crippen LogP) is 2.90. The highest BCUT2D eigenvalue weighted by molar-refractivity contribution is 8.13. The van der Waals surface area contributed by atoms with Gasteiger partial charge < -0.3 is 0 Å². The molecule has 1 heterocycles. The molecule has 1 atom stereocenters. The van der Waals surface area contributed by atoms with Crippen LogP contribution in [-0.2, 0) is 4.79 Å². The Morgan fingerprint density at radius 2 is 1.95 bits per heavy atom. The van der Waals surface area contributed by atoms with Gasteiger partial charge in [-0.2, -0.15) is 0 Å². The average molecular weight is 287 g/mol. The predicted molar refractivity (Wildman–Crippen MR) is 65.4 cm³/mol. The number of hydrogen-bond donors (Lipinski definition) is 0. The molecule has 0 saturated heterocycles. The van der Waals surface area contributed by atoms with Crippen molar-refractivity contribution in [1.29, 1.82) is 0 Å². The molecular weight excluding hydrogens is 279 g/mol. The largest absolute Gasteiger partial charge is 0.299 e. The topological polar surface area (TPSA) is 46.5 Å². The van der Waals surface area contributed by atoms with Crippen molar-refractivity contribution in [3.05, 3.63) is 29.1 Å². The Labute approximate surface area is 110 Å². The minimum atomic E-state index is -1.68. The number of fused-ring (bicyclic) bond motifs is 1. The van der Waals surface area contributed by atoms with Gasteiger partial charge in [0.05, 0.1) is 10.6 Å². The second kappa shape index (κ2) is 4.80. The maximum absolute atomic E-state index is 13.6. The monoisotopic (exact) mass is 287 g/mol. The minimum absolute atomic E-state index is 0.0786. The average Bonchev–Trinajstić information content (AvgIpc) is 2.36. The molecule has 0 N–H and O–H groups in total. The van der Waals surface area contributed by atoms with E-state index in [1.165, 1.54) is 6.92 Å². The number of nitrogens with zero attached hydrogens (tertiary/aromatic N) is 1. The Kier molecular flexibility index (Phi) is 3.49. The number of hydrogen-bond acceptors (Lipinski definition) is 4. The summed E-state index contributed by atoms with van der Waals surface area (Å²) >= 11 is 0.994. The second-order valence-electron chi connectivity index (χ2n) is 3.94. The molecule has 0 saturated carbocycles. The lowest BCUT2D eigenvalue weighted by Gasteiger charge is -2.21. The van der Waals surface area contributed by atoms with Crippen molar-refractivity contribution in [2.45, 2.75) is 6.92 Å². The zero-order chi connectivity index (χ0) is 14.3. The van der Waals surface area contributed by atoms with Gasteiger partial charge in [-0.3, -0.25) is 9.59 Å². The van der Waals surface area contributed by atoms with Crippen LogP contribution >= 0.6 is 11.8 Å². The van der Waals surface area contributed by atoms with Gasteiger partial charge in [0.25, 0.3) is 0 Å². The molecule has 0 fully saturated rings. The molecule has 0 bridgehead atoms. The Balaban J connectivity index is 2.74. The molecular formula is C12H8F3NO2S. The maximum Gasteiger partial charge on any atom is 0.196 e. The van der Waals surface area contributed by atoms with Crippen LogP contribution in [0.2, 0.25) is 0 Å². The van der Waals surface area contributed by atoms with Crippen LogP contribution in [0, 0.1) is 23.4 Å². The molecule has 3 nitrogen and oxygen atoms in total. The van der Waals surface area contributed by atoms with E-state index in [-0.39, 0.29) is 5.04 Å². The van der Waals surface area contributed by atoms with Crippen LogP contribution in [0.25, 0.3) is 0 Å². The zero-order valence-corrected chi connectivity index (χ0v) is 10.8. The fourth-order valence-corrected chi connectivity index (χ4v) is 2.54. The van der Waals surface area contributed by atoms with Crippen molar-refractivity contribution in [3.8, 4) is 0 Å². The van der Waals surface area contributed by atoms with Crippen LogP contribution in [0.3, 0.4) is 0 Å². The molecule has 1 unspecified atom stereocenters. The molecule has 19 heavy (non-hydrogen) atoms. The Hall–Kier alpha value is -1.63. The summed E-state index contributed by atoms with van der Waals surface area (Å²) in [5, 5.41) is 0.0786. The van der Waals surface area contributed by atoms with Crippen molar-refractivity contribution in [3.63, 3.8) is 0 Å². The summed E-state index contributed by atoms with van der Waals surface area (Å²) in [4.78, 5) is 27.3. The first kappa shape index (κ1) is 13.8. The number of halogens is 3. The summed E-state index contributed by atoms with van der Waals surface area (Å²) in [7, 11) is 0. The van der Waals surface area contributed by atoms with E-state index >= 15 is 0 Å². The van der Waals surface area contributed by atoms with E-state index in [1.807, 2.05) is 0 Å². The van der Waals surface area contributed by atoms with Crippen molar-refractivity contribution >= 4 is 34.1 Å². The number of thioether (sulfide) groups is 1. The third-order valence-electron chi connectivity index (χ3n) is 2.75. The zero-order valence-electron chi connectivity index (χ0n) is 9.96. The third kappa shape index (κ3) is 2.07. The molecule has 0 amide bonds. The van der Waals surface area contributed by atoms with E-state index < -0.39 is 46.2 Å². The maximum atomic E-state index is 13.6. The van der Waals surface area contributed by atoms with Gasteiger partial charge in [0.15, 0.2) is 23.2 Å². The number of Topliss-reactive ketones (excluding diaryl/α,β-unsaturated/α-hetero) is 2. The Morgan fingerprint density at radius 3 is 2.47 bits per heavy atom. The van der Waals surface area contributed by atoms with E-state index in [4.69, 9.17) is 0 Å². The molecule has 2 rings (SSSR count). The lowest BCUT2D eigenvalue weighted by molar-refractivity contribution is -0.117. The summed E-state index contributed by atoms with van der Waals surface area (Å²) in [5.74, 6) is -7.09. The van der Waals surface area contributed by atoms with Crippen molar-refractivity contribution in [2.24, 2.45) is 10.9 Å². The molecule has 7 heteroatoms. The number of rotatable bonds is 1. The van der Waals surface area contributed by atoms with E-state index in [1.54, 1.807) is 6.26 Å². The summed E-state index contributed by atoms with van der Waals surface area (Å²) in [6.07, 6.45) is 1.56. The molecule has 1 aliphatic rings. The van der Waals surface area contributed by atoms with Gasteiger partial charge in [-0.25, -0.2) is 18.2 Å². The van der Waals surface area contributed by atoms with Crippen molar-refractivity contribution < 1.29 is 22.8 Å². The number of ketones is 2. The lowest BCUT2D eigenvalue weighted by atomic mass is 9.91. The molecule has 1 aliphatic heterocycles. The quantitative estimate of drug-likeness (QED) is 0.589. The molecule has 1 aromatic carbocycles. The van der Waals surface area contributed by atoms with Crippen molar-refractivity contribution in [1.82, 2.24) is 0 Å². The normalized spacial score (nSPS) is 18.1. The fraction of sp³-hybridized carbons (Fsp3) is 0.250. The van der Waals surface area contributed by atoms with Gasteiger partial charge in [-0.15, -0.1) is 11.8 Å². The molecule has 0 aliphatic carbocycles. The molecule has 100 valence electrons. The molecule has 0 aromatic heterocycles. The van der Waals surface area contributed by atoms with Gasteiger partial charge in [-0.05, 0) is 19.2 Å². The Bertz CT molecular complexity index is 628. The highest BCUT2D eigenvalue weighted by atomic mass is 32.2. The van der Waals surface area contributed by atoms with E-state index in [9.17, 15) is 22.8 Å². The molecule has 1 aromatic rings. The minimum Gasteiger partial charge on any atom is -0.299 e. The van der Waals surface area contributed by atoms with Crippen molar-refractivity contribution in [2.75, 3.05) is 6.26 Å². The standard InChI is InChI=1S/C12H8F3NO2S/c1-4(17)7-11(18)5-3-6(13)8(14)9(15)10(5)16-12(7)19-2/h3,7H,1-2H3. The van der Waals surface area contributed by atoms with Gasteiger partial charge in [-0.1, -0.05) is 0 Å². The smallest absolute Gasteiger partial charge is 0.196 e. The Morgan fingerprint density at radius 1 is 1.32 bits per heavy atom. The number of benzene rings is 1. The van der Waals surface area contributed by atoms with Gasteiger partial charge >= 0.3 is 0 Å². The van der Waals surface area contributed by atoms with Gasteiger partial charge in [0.1, 0.15) is 17.4 Å². The van der Waals surface area contributed by atoms with Crippen LogP contribution in [0.5, 0.6) is 0 Å².